The molecule has 0 radical (unpaired) electrons. The molecule has 0 aliphatic carbocycles. The number of hydrogen-bond acceptors (Lipinski definition) is 3. The van der Waals surface area contributed by atoms with Crippen LogP contribution in [-0.2, 0) is 9.59 Å². The molecule has 8 heavy (non-hydrogen) atoms. The first-order valence-corrected chi connectivity index (χ1v) is 2.41. The predicted octanol–water partition coefficient (Wildman–Crippen LogP) is -0.638. The van der Waals surface area contributed by atoms with E-state index in [-0.39, 0.29) is 12.5 Å². The van der Waals surface area contributed by atoms with E-state index < -0.39 is 0 Å². The van der Waals surface area contributed by atoms with E-state index in [1.54, 1.807) is 7.05 Å². The van der Waals surface area contributed by atoms with Crippen molar-refractivity contribution < 1.29 is 9.59 Å². The first-order chi connectivity index (χ1) is 3.85. The summed E-state index contributed by atoms with van der Waals surface area (Å²) in [5, 5.41) is 2.65. The van der Waals surface area contributed by atoms with Crippen LogP contribution in [0.15, 0.2) is 0 Å². The molecule has 0 saturated heterocycles. The Kier molecular flexibility index (Phi) is 4.07. The zero-order valence-corrected chi connectivity index (χ0v) is 4.76. The lowest BCUT2D eigenvalue weighted by molar-refractivity contribution is -0.113. The molecule has 0 aromatic rings. The molecule has 1 N–H and O–H groups in total. The lowest BCUT2D eigenvalue weighted by Gasteiger charge is -2.00. The van der Waals surface area contributed by atoms with E-state index in [0.717, 1.165) is 6.29 Å². The molecule has 0 aromatic heterocycles. The largest absolute Gasteiger partial charge is 0.310 e. The van der Waals surface area contributed by atoms with Crippen molar-refractivity contribution in [1.82, 2.24) is 5.32 Å². The van der Waals surface area contributed by atoms with Crippen LogP contribution in [0.5, 0.6) is 0 Å². The number of nitrogens with one attached hydrogen (secondary N) is 1. The highest BCUT2D eigenvalue weighted by atomic mass is 16.1. The second kappa shape index (κ2) is 4.46. The topological polar surface area (TPSA) is 46.2 Å². The first-order valence-electron chi connectivity index (χ1n) is 2.41. The Bertz CT molecular complexity index is 82.5. The minimum absolute atomic E-state index is 0.264. The molecule has 0 aliphatic heterocycles. The van der Waals surface area contributed by atoms with E-state index in [2.05, 4.69) is 5.32 Å². The molecular weight excluding hydrogens is 106 g/mol. The summed E-state index contributed by atoms with van der Waals surface area (Å²) in [4.78, 5) is 19.6. The molecule has 1 atom stereocenters. The summed E-state index contributed by atoms with van der Waals surface area (Å²) >= 11 is 0. The van der Waals surface area contributed by atoms with Crippen LogP contribution in [0.1, 0.15) is 6.42 Å². The molecular formula is C5H9NO2. The van der Waals surface area contributed by atoms with Gasteiger partial charge in [-0.05, 0) is 7.05 Å². The fourth-order valence-electron chi connectivity index (χ4n) is 0.345. The Morgan fingerprint density at radius 3 is 2.38 bits per heavy atom. The fourth-order valence-corrected chi connectivity index (χ4v) is 0.345. The van der Waals surface area contributed by atoms with Crippen molar-refractivity contribution in [3.63, 3.8) is 0 Å². The third-order valence-corrected chi connectivity index (χ3v) is 0.885. The number of rotatable bonds is 4. The summed E-state index contributed by atoms with van der Waals surface area (Å²) in [5.74, 6) is 0. The second-order valence-electron chi connectivity index (χ2n) is 1.43. The van der Waals surface area contributed by atoms with Crippen LogP contribution in [0.2, 0.25) is 0 Å². The Morgan fingerprint density at radius 1 is 1.62 bits per heavy atom. The van der Waals surface area contributed by atoms with Crippen LogP contribution in [0.4, 0.5) is 0 Å². The Hall–Kier alpha value is -0.700. The third-order valence-electron chi connectivity index (χ3n) is 0.885. The first kappa shape index (κ1) is 7.30. The van der Waals surface area contributed by atoms with Gasteiger partial charge in [-0.1, -0.05) is 0 Å². The summed E-state index contributed by atoms with van der Waals surface area (Å²) in [6, 6.07) is -0.299. The smallest absolute Gasteiger partial charge is 0.137 e. The number of carbonyl (C=O) groups excluding carboxylic acids is 2. The Balaban J connectivity index is 3.35. The van der Waals surface area contributed by atoms with Crippen molar-refractivity contribution in [3.8, 4) is 0 Å². The highest BCUT2D eigenvalue weighted by Gasteiger charge is 1.99. The summed E-state index contributed by atoms with van der Waals surface area (Å²) in [7, 11) is 1.64. The maximum atomic E-state index is 9.90. The average molecular weight is 115 g/mol. The molecule has 0 fully saturated rings. The van der Waals surface area contributed by atoms with Gasteiger partial charge >= 0.3 is 0 Å². The molecule has 3 heteroatoms. The fraction of sp³-hybridized carbons (Fsp3) is 0.600. The molecule has 0 spiro atoms. The lowest BCUT2D eigenvalue weighted by Crippen LogP contribution is -2.26. The molecule has 0 aromatic carbocycles. The van der Waals surface area contributed by atoms with Crippen LogP contribution in [0.25, 0.3) is 0 Å². The number of likely N-dealkylation sites (N-methyl/N-ethyl adjacent to an activating group) is 1. The van der Waals surface area contributed by atoms with E-state index in [1.165, 1.54) is 0 Å². The maximum Gasteiger partial charge on any atom is 0.137 e. The van der Waals surface area contributed by atoms with Crippen LogP contribution >= 0.6 is 0 Å². The molecule has 0 aliphatic rings. The quantitative estimate of drug-likeness (QED) is 0.496. The summed E-state index contributed by atoms with van der Waals surface area (Å²) in [6.45, 7) is 0. The van der Waals surface area contributed by atoms with E-state index in [4.69, 9.17) is 0 Å². The second-order valence-corrected chi connectivity index (χ2v) is 1.43. The summed E-state index contributed by atoms with van der Waals surface area (Å²) < 4.78 is 0. The number of carbonyl (C=O) groups is 2. The highest BCUT2D eigenvalue weighted by molar-refractivity contribution is 5.64. The van der Waals surface area contributed by atoms with Crippen molar-refractivity contribution in [3.05, 3.63) is 0 Å². The van der Waals surface area contributed by atoms with Gasteiger partial charge in [-0.25, -0.2) is 0 Å². The third kappa shape index (κ3) is 2.47. The van der Waals surface area contributed by atoms with Gasteiger partial charge in [0.2, 0.25) is 0 Å². The van der Waals surface area contributed by atoms with Gasteiger partial charge in [0.15, 0.2) is 0 Å². The SMILES string of the molecule is CN[C@@H](C=O)CC=O. The molecule has 0 rings (SSSR count). The van der Waals surface area contributed by atoms with Crippen LogP contribution in [0.3, 0.4) is 0 Å². The number of hydrogen-bond donors (Lipinski definition) is 1. The van der Waals surface area contributed by atoms with E-state index >= 15 is 0 Å². The summed E-state index contributed by atoms with van der Waals surface area (Å²) in [5.41, 5.74) is 0. The minimum atomic E-state index is -0.299. The average Bonchev–Trinajstić information content (AvgIpc) is 1.83. The van der Waals surface area contributed by atoms with Gasteiger partial charge in [0.1, 0.15) is 12.6 Å². The zero-order chi connectivity index (χ0) is 6.41. The van der Waals surface area contributed by atoms with Crippen LogP contribution in [0, 0.1) is 0 Å². The Morgan fingerprint density at radius 2 is 2.25 bits per heavy atom. The molecule has 3 nitrogen and oxygen atoms in total. The van der Waals surface area contributed by atoms with Crippen molar-refractivity contribution in [2.45, 2.75) is 12.5 Å². The standard InChI is InChI=1S/C5H9NO2/c1-6-5(4-8)2-3-7/h3-6H,2H2,1H3/t5-/m1/s1. The van der Waals surface area contributed by atoms with Gasteiger partial charge in [-0.15, -0.1) is 0 Å². The van der Waals surface area contributed by atoms with E-state index in [1.807, 2.05) is 0 Å². The van der Waals surface area contributed by atoms with Gasteiger partial charge in [0, 0.05) is 6.42 Å². The van der Waals surface area contributed by atoms with Crippen molar-refractivity contribution in [2.24, 2.45) is 0 Å². The number of aldehydes is 2. The molecule has 0 amide bonds. The van der Waals surface area contributed by atoms with Gasteiger partial charge in [0.05, 0.1) is 6.04 Å². The van der Waals surface area contributed by atoms with Gasteiger partial charge < -0.3 is 14.9 Å². The van der Waals surface area contributed by atoms with Crippen molar-refractivity contribution >= 4 is 12.6 Å². The minimum Gasteiger partial charge on any atom is -0.310 e. The molecule has 0 unspecified atom stereocenters. The molecule has 0 bridgehead atoms. The highest BCUT2D eigenvalue weighted by Crippen LogP contribution is 1.78. The van der Waals surface area contributed by atoms with Crippen LogP contribution in [-0.4, -0.2) is 25.7 Å². The zero-order valence-electron chi connectivity index (χ0n) is 4.76. The normalized spacial score (nSPS) is 12.6. The molecule has 0 heterocycles. The van der Waals surface area contributed by atoms with Crippen LogP contribution < -0.4 is 5.32 Å². The van der Waals surface area contributed by atoms with E-state index in [0.29, 0.717) is 6.29 Å². The monoisotopic (exact) mass is 115 g/mol. The van der Waals surface area contributed by atoms with E-state index in [9.17, 15) is 9.59 Å². The maximum absolute atomic E-state index is 9.90. The Labute approximate surface area is 48.1 Å². The van der Waals surface area contributed by atoms with Gasteiger partial charge in [0.25, 0.3) is 0 Å². The molecule has 46 valence electrons. The van der Waals surface area contributed by atoms with Gasteiger partial charge in [-0.2, -0.15) is 0 Å². The lowest BCUT2D eigenvalue weighted by atomic mass is 10.2. The summed E-state index contributed by atoms with van der Waals surface area (Å²) in [6.07, 6.45) is 1.70. The van der Waals surface area contributed by atoms with Crippen molar-refractivity contribution in [1.29, 1.82) is 0 Å². The van der Waals surface area contributed by atoms with Crippen molar-refractivity contribution in [2.75, 3.05) is 7.05 Å². The molecule has 0 saturated carbocycles. The van der Waals surface area contributed by atoms with Gasteiger partial charge in [-0.3, -0.25) is 0 Å². The predicted molar refractivity (Wildman–Crippen MR) is 29.6 cm³/mol.